The standard InChI is InChI=1S/C20H27NO3/c1-20(2)11-10-15(13-19(20)22)21-14-8-9-17(23-3)18(12-14)24-16-6-4-5-7-16/h8-9,12,16H,4-7,10-11,13H2,1-3H3. The quantitative estimate of drug-likeness (QED) is 0.792. The van der Waals surface area contributed by atoms with Crippen molar-refractivity contribution in [3.8, 4) is 11.5 Å². The van der Waals surface area contributed by atoms with Gasteiger partial charge in [-0.25, -0.2) is 0 Å². The fraction of sp³-hybridized carbons (Fsp3) is 0.600. The Labute approximate surface area is 144 Å². The smallest absolute Gasteiger partial charge is 0.163 e. The van der Waals surface area contributed by atoms with Gasteiger partial charge in [0, 0.05) is 23.6 Å². The molecular formula is C20H27NO3. The van der Waals surface area contributed by atoms with Crippen molar-refractivity contribution in [2.75, 3.05) is 7.11 Å². The SMILES string of the molecule is COc1ccc(N=C2CCC(C)(C)C(=O)C2)cc1OC1CCCC1. The number of ketones is 1. The van der Waals surface area contributed by atoms with Crippen molar-refractivity contribution in [3.63, 3.8) is 0 Å². The molecule has 4 nitrogen and oxygen atoms in total. The second-order valence-electron chi connectivity index (χ2n) is 7.52. The van der Waals surface area contributed by atoms with Crippen molar-refractivity contribution < 1.29 is 14.3 Å². The van der Waals surface area contributed by atoms with Crippen LogP contribution in [0, 0.1) is 5.41 Å². The number of aliphatic imine (C=N–C) groups is 1. The van der Waals surface area contributed by atoms with Gasteiger partial charge in [0.15, 0.2) is 11.5 Å². The van der Waals surface area contributed by atoms with Gasteiger partial charge in [-0.1, -0.05) is 13.8 Å². The molecule has 130 valence electrons. The average molecular weight is 329 g/mol. The zero-order valence-electron chi connectivity index (χ0n) is 14.9. The highest BCUT2D eigenvalue weighted by Gasteiger charge is 2.32. The first-order chi connectivity index (χ1) is 11.5. The molecule has 2 saturated carbocycles. The molecular weight excluding hydrogens is 302 g/mol. The molecule has 0 unspecified atom stereocenters. The van der Waals surface area contributed by atoms with E-state index < -0.39 is 0 Å². The predicted octanol–water partition coefficient (Wildman–Crippen LogP) is 4.87. The lowest BCUT2D eigenvalue weighted by atomic mass is 9.75. The molecule has 0 aliphatic heterocycles. The third-order valence-electron chi connectivity index (χ3n) is 5.19. The highest BCUT2D eigenvalue weighted by atomic mass is 16.5. The maximum atomic E-state index is 12.2. The van der Waals surface area contributed by atoms with Gasteiger partial charge in [-0.2, -0.15) is 0 Å². The van der Waals surface area contributed by atoms with E-state index in [0.29, 0.717) is 6.42 Å². The van der Waals surface area contributed by atoms with Crippen molar-refractivity contribution in [2.45, 2.75) is 64.9 Å². The molecule has 0 spiro atoms. The van der Waals surface area contributed by atoms with Gasteiger partial charge in [0.25, 0.3) is 0 Å². The van der Waals surface area contributed by atoms with Crippen LogP contribution >= 0.6 is 0 Å². The van der Waals surface area contributed by atoms with Gasteiger partial charge in [-0.05, 0) is 50.7 Å². The van der Waals surface area contributed by atoms with E-state index >= 15 is 0 Å². The number of hydrogen-bond acceptors (Lipinski definition) is 4. The molecule has 0 saturated heterocycles. The fourth-order valence-corrected chi connectivity index (χ4v) is 3.40. The Balaban J connectivity index is 1.78. The van der Waals surface area contributed by atoms with Gasteiger partial charge in [0.1, 0.15) is 5.78 Å². The summed E-state index contributed by atoms with van der Waals surface area (Å²) >= 11 is 0. The molecule has 4 heteroatoms. The summed E-state index contributed by atoms with van der Waals surface area (Å²) in [6, 6.07) is 5.77. The normalized spacial score (nSPS) is 22.8. The zero-order chi connectivity index (χ0) is 17.2. The first kappa shape index (κ1) is 17.0. The molecule has 3 rings (SSSR count). The summed E-state index contributed by atoms with van der Waals surface area (Å²) in [6.07, 6.45) is 7.14. The van der Waals surface area contributed by atoms with Gasteiger partial charge in [-0.3, -0.25) is 9.79 Å². The van der Waals surface area contributed by atoms with Crippen LogP contribution in [0.5, 0.6) is 11.5 Å². The predicted molar refractivity (Wildman–Crippen MR) is 95.6 cm³/mol. The molecule has 0 atom stereocenters. The number of carbonyl (C=O) groups is 1. The molecule has 0 heterocycles. The van der Waals surface area contributed by atoms with E-state index in [9.17, 15) is 4.79 Å². The molecule has 1 aromatic carbocycles. The van der Waals surface area contributed by atoms with Gasteiger partial charge in [0.05, 0.1) is 18.9 Å². The second kappa shape index (κ2) is 6.96. The Morgan fingerprint density at radius 2 is 1.92 bits per heavy atom. The number of rotatable bonds is 4. The summed E-state index contributed by atoms with van der Waals surface area (Å²) in [7, 11) is 1.66. The van der Waals surface area contributed by atoms with Crippen LogP contribution in [0.4, 0.5) is 5.69 Å². The van der Waals surface area contributed by atoms with Crippen LogP contribution in [0.2, 0.25) is 0 Å². The van der Waals surface area contributed by atoms with E-state index in [1.807, 2.05) is 32.0 Å². The lowest BCUT2D eigenvalue weighted by Crippen LogP contribution is -2.32. The van der Waals surface area contributed by atoms with Crippen molar-refractivity contribution in [1.29, 1.82) is 0 Å². The molecule has 24 heavy (non-hydrogen) atoms. The summed E-state index contributed by atoms with van der Waals surface area (Å²) in [5, 5.41) is 0. The molecule has 2 aliphatic rings. The maximum Gasteiger partial charge on any atom is 0.163 e. The minimum atomic E-state index is -0.213. The summed E-state index contributed by atoms with van der Waals surface area (Å²) < 4.78 is 11.5. The number of methoxy groups -OCH3 is 1. The lowest BCUT2D eigenvalue weighted by molar-refractivity contribution is -0.126. The van der Waals surface area contributed by atoms with Crippen LogP contribution in [0.15, 0.2) is 23.2 Å². The zero-order valence-corrected chi connectivity index (χ0v) is 14.9. The van der Waals surface area contributed by atoms with Crippen LogP contribution in [-0.4, -0.2) is 24.7 Å². The number of hydrogen-bond donors (Lipinski definition) is 0. The summed E-state index contributed by atoms with van der Waals surface area (Å²) in [6.45, 7) is 4.04. The van der Waals surface area contributed by atoms with Crippen molar-refractivity contribution in [3.05, 3.63) is 18.2 Å². The third kappa shape index (κ3) is 3.80. The number of nitrogens with zero attached hydrogens (tertiary/aromatic N) is 1. The largest absolute Gasteiger partial charge is 0.493 e. The van der Waals surface area contributed by atoms with E-state index in [2.05, 4.69) is 0 Å². The lowest BCUT2D eigenvalue weighted by Gasteiger charge is -2.28. The minimum absolute atomic E-state index is 0.213. The molecule has 0 radical (unpaired) electrons. The maximum absolute atomic E-state index is 12.2. The van der Waals surface area contributed by atoms with Gasteiger partial charge in [-0.15, -0.1) is 0 Å². The van der Waals surface area contributed by atoms with Crippen LogP contribution in [0.25, 0.3) is 0 Å². The number of benzene rings is 1. The first-order valence-corrected chi connectivity index (χ1v) is 8.92. The van der Waals surface area contributed by atoms with E-state index in [0.717, 1.165) is 48.6 Å². The van der Waals surface area contributed by atoms with Crippen LogP contribution < -0.4 is 9.47 Å². The third-order valence-corrected chi connectivity index (χ3v) is 5.19. The molecule has 0 amide bonds. The Bertz CT molecular complexity index is 642. The second-order valence-corrected chi connectivity index (χ2v) is 7.52. The van der Waals surface area contributed by atoms with E-state index in [1.54, 1.807) is 7.11 Å². The fourth-order valence-electron chi connectivity index (χ4n) is 3.40. The van der Waals surface area contributed by atoms with Crippen LogP contribution in [-0.2, 0) is 4.79 Å². The highest BCUT2D eigenvalue weighted by Crippen LogP contribution is 2.36. The van der Waals surface area contributed by atoms with Crippen LogP contribution in [0.1, 0.15) is 58.8 Å². The van der Waals surface area contributed by atoms with Gasteiger partial charge >= 0.3 is 0 Å². The van der Waals surface area contributed by atoms with Gasteiger partial charge in [0.2, 0.25) is 0 Å². The molecule has 0 aromatic heterocycles. The Morgan fingerprint density at radius 1 is 1.17 bits per heavy atom. The monoisotopic (exact) mass is 329 g/mol. The Kier molecular flexibility index (Phi) is 4.93. The molecule has 2 fully saturated rings. The number of ether oxygens (including phenoxy) is 2. The van der Waals surface area contributed by atoms with E-state index in [-0.39, 0.29) is 17.3 Å². The summed E-state index contributed by atoms with van der Waals surface area (Å²) in [5.74, 6) is 1.78. The van der Waals surface area contributed by atoms with Crippen molar-refractivity contribution in [2.24, 2.45) is 10.4 Å². The summed E-state index contributed by atoms with van der Waals surface area (Å²) in [4.78, 5) is 16.9. The first-order valence-electron chi connectivity index (χ1n) is 8.92. The number of Topliss-reactive ketones (excluding diaryl/α,β-unsaturated/α-hetero) is 1. The van der Waals surface area contributed by atoms with Crippen molar-refractivity contribution in [1.82, 2.24) is 0 Å². The average Bonchev–Trinajstić information content (AvgIpc) is 3.05. The minimum Gasteiger partial charge on any atom is -0.493 e. The molecule has 2 aliphatic carbocycles. The van der Waals surface area contributed by atoms with Crippen LogP contribution in [0.3, 0.4) is 0 Å². The number of carbonyl (C=O) groups excluding carboxylic acids is 1. The topological polar surface area (TPSA) is 47.9 Å². The van der Waals surface area contributed by atoms with Crippen molar-refractivity contribution >= 4 is 17.2 Å². The Morgan fingerprint density at radius 3 is 2.58 bits per heavy atom. The molecule has 0 bridgehead atoms. The Hall–Kier alpha value is -1.84. The highest BCUT2D eigenvalue weighted by molar-refractivity contribution is 6.07. The van der Waals surface area contributed by atoms with Gasteiger partial charge < -0.3 is 9.47 Å². The summed E-state index contributed by atoms with van der Waals surface area (Å²) in [5.41, 5.74) is 1.60. The molecule has 1 aromatic rings. The van der Waals surface area contributed by atoms with E-state index in [1.165, 1.54) is 12.8 Å². The van der Waals surface area contributed by atoms with E-state index in [4.69, 9.17) is 14.5 Å². The molecule has 0 N–H and O–H groups in total.